The Morgan fingerprint density at radius 3 is 2.74 bits per heavy atom. The van der Waals surface area contributed by atoms with Gasteiger partial charge >= 0.3 is 6.18 Å². The first-order chi connectivity index (χ1) is 8.96. The third-order valence-electron chi connectivity index (χ3n) is 3.27. The van der Waals surface area contributed by atoms with Crippen LogP contribution < -0.4 is 5.32 Å². The molecule has 1 aliphatic carbocycles. The van der Waals surface area contributed by atoms with Gasteiger partial charge in [-0.05, 0) is 31.9 Å². The predicted molar refractivity (Wildman–Crippen MR) is 65.7 cm³/mol. The molecule has 2 rings (SSSR count). The zero-order chi connectivity index (χ0) is 13.9. The second-order valence-corrected chi connectivity index (χ2v) is 5.08. The number of halogens is 3. The van der Waals surface area contributed by atoms with Crippen molar-refractivity contribution in [2.75, 3.05) is 13.1 Å². The summed E-state index contributed by atoms with van der Waals surface area (Å²) >= 11 is 0. The standard InChI is InChI=1S/C13H19F3N2O/c1-10(7-17-9-13(14,15)16)18(11-4-5-11)8-12-3-2-6-19-12/h2-3,6,10-11,17H,4-5,7-9H2,1H3. The smallest absolute Gasteiger partial charge is 0.401 e. The lowest BCUT2D eigenvalue weighted by molar-refractivity contribution is -0.125. The summed E-state index contributed by atoms with van der Waals surface area (Å²) < 4.78 is 41.6. The third-order valence-corrected chi connectivity index (χ3v) is 3.27. The highest BCUT2D eigenvalue weighted by Gasteiger charge is 2.33. The second-order valence-electron chi connectivity index (χ2n) is 5.08. The Kier molecular flexibility index (Phi) is 4.52. The number of hydrogen-bond acceptors (Lipinski definition) is 3. The van der Waals surface area contributed by atoms with Crippen LogP contribution >= 0.6 is 0 Å². The summed E-state index contributed by atoms with van der Waals surface area (Å²) in [5, 5.41) is 2.47. The highest BCUT2D eigenvalue weighted by molar-refractivity contribution is 5.00. The van der Waals surface area contributed by atoms with Gasteiger partial charge in [0.15, 0.2) is 0 Å². The van der Waals surface area contributed by atoms with Crippen LogP contribution in [0.2, 0.25) is 0 Å². The molecule has 0 aromatic carbocycles. The van der Waals surface area contributed by atoms with E-state index >= 15 is 0 Å². The maximum Gasteiger partial charge on any atom is 0.401 e. The molecule has 1 unspecified atom stereocenters. The van der Waals surface area contributed by atoms with E-state index in [9.17, 15) is 13.2 Å². The Labute approximate surface area is 110 Å². The Morgan fingerprint density at radius 1 is 1.47 bits per heavy atom. The molecule has 1 aromatic rings. The van der Waals surface area contributed by atoms with E-state index in [1.54, 1.807) is 6.26 Å². The van der Waals surface area contributed by atoms with Crippen molar-refractivity contribution in [3.05, 3.63) is 24.2 Å². The molecular formula is C13H19F3N2O. The van der Waals surface area contributed by atoms with Crippen LogP contribution in [0.5, 0.6) is 0 Å². The van der Waals surface area contributed by atoms with Crippen molar-refractivity contribution in [3.8, 4) is 0 Å². The summed E-state index contributed by atoms with van der Waals surface area (Å²) in [6.07, 6.45) is -0.299. The minimum Gasteiger partial charge on any atom is -0.468 e. The van der Waals surface area contributed by atoms with Gasteiger partial charge in [-0.25, -0.2) is 0 Å². The quantitative estimate of drug-likeness (QED) is 0.830. The van der Waals surface area contributed by atoms with E-state index < -0.39 is 12.7 Å². The molecule has 19 heavy (non-hydrogen) atoms. The maximum absolute atomic E-state index is 12.1. The van der Waals surface area contributed by atoms with E-state index in [4.69, 9.17) is 4.42 Å². The van der Waals surface area contributed by atoms with E-state index in [0.29, 0.717) is 19.1 Å². The Morgan fingerprint density at radius 2 is 2.21 bits per heavy atom. The van der Waals surface area contributed by atoms with Crippen LogP contribution in [-0.4, -0.2) is 36.2 Å². The molecule has 1 N–H and O–H groups in total. The molecule has 0 saturated heterocycles. The van der Waals surface area contributed by atoms with Gasteiger partial charge in [0.05, 0.1) is 19.4 Å². The molecule has 1 saturated carbocycles. The summed E-state index contributed by atoms with van der Waals surface area (Å²) in [6.45, 7) is 2.00. The molecule has 3 nitrogen and oxygen atoms in total. The van der Waals surface area contributed by atoms with Gasteiger partial charge in [0.25, 0.3) is 0 Å². The van der Waals surface area contributed by atoms with Gasteiger partial charge in [-0.1, -0.05) is 0 Å². The van der Waals surface area contributed by atoms with Crippen LogP contribution in [-0.2, 0) is 6.54 Å². The predicted octanol–water partition coefficient (Wildman–Crippen LogP) is 2.78. The van der Waals surface area contributed by atoms with Crippen LogP contribution in [0.4, 0.5) is 13.2 Å². The van der Waals surface area contributed by atoms with Crippen LogP contribution in [0, 0.1) is 0 Å². The molecule has 0 bridgehead atoms. The van der Waals surface area contributed by atoms with Crippen molar-refractivity contribution in [2.24, 2.45) is 0 Å². The van der Waals surface area contributed by atoms with Crippen molar-refractivity contribution in [2.45, 2.75) is 44.6 Å². The van der Waals surface area contributed by atoms with Gasteiger partial charge in [-0.2, -0.15) is 13.2 Å². The van der Waals surface area contributed by atoms with E-state index in [2.05, 4.69) is 10.2 Å². The van der Waals surface area contributed by atoms with Crippen molar-refractivity contribution in [1.82, 2.24) is 10.2 Å². The van der Waals surface area contributed by atoms with Crippen molar-refractivity contribution < 1.29 is 17.6 Å². The number of hydrogen-bond donors (Lipinski definition) is 1. The van der Waals surface area contributed by atoms with Crippen LogP contribution in [0.3, 0.4) is 0 Å². The second kappa shape index (κ2) is 5.96. The van der Waals surface area contributed by atoms with Crippen LogP contribution in [0.1, 0.15) is 25.5 Å². The minimum atomic E-state index is -4.15. The lowest BCUT2D eigenvalue weighted by Gasteiger charge is -2.28. The fourth-order valence-corrected chi connectivity index (χ4v) is 2.17. The molecule has 0 amide bonds. The number of rotatable bonds is 7. The van der Waals surface area contributed by atoms with Gasteiger partial charge in [-0.3, -0.25) is 4.90 Å². The largest absolute Gasteiger partial charge is 0.468 e. The lowest BCUT2D eigenvalue weighted by Crippen LogP contribution is -2.43. The van der Waals surface area contributed by atoms with Gasteiger partial charge < -0.3 is 9.73 Å². The summed E-state index contributed by atoms with van der Waals surface area (Å²) in [6, 6.07) is 4.26. The fourth-order valence-electron chi connectivity index (χ4n) is 2.17. The molecule has 1 aromatic heterocycles. The Bertz CT molecular complexity index is 374. The first-order valence-corrected chi connectivity index (χ1v) is 6.51. The number of furan rings is 1. The number of alkyl halides is 3. The minimum absolute atomic E-state index is 0.0555. The Balaban J connectivity index is 1.81. The average molecular weight is 276 g/mol. The van der Waals surface area contributed by atoms with Crippen LogP contribution in [0.15, 0.2) is 22.8 Å². The van der Waals surface area contributed by atoms with E-state index in [1.807, 2.05) is 19.1 Å². The van der Waals surface area contributed by atoms with Gasteiger partial charge in [0.1, 0.15) is 5.76 Å². The summed E-state index contributed by atoms with van der Waals surface area (Å²) in [5.74, 6) is 0.856. The first kappa shape index (κ1) is 14.4. The normalized spacial score (nSPS) is 17.9. The average Bonchev–Trinajstić information content (AvgIpc) is 3.01. The maximum atomic E-state index is 12.1. The summed E-state index contributed by atoms with van der Waals surface area (Å²) in [7, 11) is 0. The molecule has 108 valence electrons. The van der Waals surface area contributed by atoms with Crippen LogP contribution in [0.25, 0.3) is 0 Å². The molecule has 0 aliphatic heterocycles. The van der Waals surface area contributed by atoms with Gasteiger partial charge in [0, 0.05) is 18.6 Å². The van der Waals surface area contributed by atoms with Crippen molar-refractivity contribution in [1.29, 1.82) is 0 Å². The zero-order valence-electron chi connectivity index (χ0n) is 10.9. The fraction of sp³-hybridized carbons (Fsp3) is 0.692. The molecule has 0 radical (unpaired) electrons. The summed E-state index contributed by atoms with van der Waals surface area (Å²) in [5.41, 5.74) is 0. The molecule has 1 heterocycles. The Hall–Kier alpha value is -1.01. The van der Waals surface area contributed by atoms with Gasteiger partial charge in [-0.15, -0.1) is 0 Å². The van der Waals surface area contributed by atoms with E-state index in [0.717, 1.165) is 18.6 Å². The molecule has 0 spiro atoms. The van der Waals surface area contributed by atoms with Crippen molar-refractivity contribution in [3.63, 3.8) is 0 Å². The van der Waals surface area contributed by atoms with E-state index in [-0.39, 0.29) is 6.04 Å². The molecule has 1 aliphatic rings. The number of nitrogens with one attached hydrogen (secondary N) is 1. The van der Waals surface area contributed by atoms with Crippen molar-refractivity contribution >= 4 is 0 Å². The van der Waals surface area contributed by atoms with Gasteiger partial charge in [0.2, 0.25) is 0 Å². The molecule has 1 atom stereocenters. The summed E-state index contributed by atoms with van der Waals surface area (Å²) in [4.78, 5) is 2.21. The topological polar surface area (TPSA) is 28.4 Å². The highest BCUT2D eigenvalue weighted by Crippen LogP contribution is 2.30. The monoisotopic (exact) mass is 276 g/mol. The highest BCUT2D eigenvalue weighted by atomic mass is 19.4. The lowest BCUT2D eigenvalue weighted by atomic mass is 10.2. The third kappa shape index (κ3) is 4.87. The molecule has 6 heteroatoms. The molecular weight excluding hydrogens is 257 g/mol. The number of nitrogens with zero attached hydrogens (tertiary/aromatic N) is 1. The first-order valence-electron chi connectivity index (χ1n) is 6.51. The SMILES string of the molecule is CC(CNCC(F)(F)F)N(Cc1ccco1)C1CC1. The van der Waals surface area contributed by atoms with E-state index in [1.165, 1.54) is 0 Å². The zero-order valence-corrected chi connectivity index (χ0v) is 10.9. The molecule has 1 fully saturated rings.